The highest BCUT2D eigenvalue weighted by Gasteiger charge is 2.29. The molecule has 0 bridgehead atoms. The maximum absolute atomic E-state index is 12.4. The molecule has 1 N–H and O–H groups in total. The molecule has 0 atom stereocenters. The number of carbonyl (C=O) groups is 2. The van der Waals surface area contributed by atoms with Gasteiger partial charge in [0.25, 0.3) is 5.91 Å². The first kappa shape index (κ1) is 18.8. The van der Waals surface area contributed by atoms with Crippen LogP contribution in [0.3, 0.4) is 0 Å². The number of piperazine rings is 1. The van der Waals surface area contributed by atoms with Crippen molar-refractivity contribution in [1.29, 1.82) is 0 Å². The van der Waals surface area contributed by atoms with Crippen molar-refractivity contribution in [3.8, 4) is 0 Å². The zero-order chi connectivity index (χ0) is 19.4. The topological polar surface area (TPSA) is 78.4 Å². The van der Waals surface area contributed by atoms with Crippen LogP contribution in [0, 0.1) is 5.41 Å². The maximum atomic E-state index is 12.4. The average molecular weight is 367 g/mol. The Balaban J connectivity index is 1.58. The van der Waals surface area contributed by atoms with Crippen LogP contribution in [0.1, 0.15) is 31.1 Å². The van der Waals surface area contributed by atoms with Crippen molar-refractivity contribution in [2.24, 2.45) is 5.41 Å². The van der Waals surface area contributed by atoms with Crippen LogP contribution in [-0.2, 0) is 4.79 Å². The lowest BCUT2D eigenvalue weighted by Crippen LogP contribution is -2.51. The zero-order valence-corrected chi connectivity index (χ0v) is 16.0. The van der Waals surface area contributed by atoms with Crippen molar-refractivity contribution in [2.45, 2.75) is 20.8 Å². The summed E-state index contributed by atoms with van der Waals surface area (Å²) in [6.07, 6.45) is 3.16. The normalized spacial score (nSPS) is 14.8. The quantitative estimate of drug-likeness (QED) is 0.901. The second kappa shape index (κ2) is 7.73. The van der Waals surface area contributed by atoms with Gasteiger partial charge in [-0.15, -0.1) is 0 Å². The molecule has 0 saturated carbocycles. The van der Waals surface area contributed by atoms with Crippen LogP contribution in [0.5, 0.6) is 0 Å². The van der Waals surface area contributed by atoms with Gasteiger partial charge in [-0.3, -0.25) is 14.9 Å². The molecule has 2 amide bonds. The van der Waals surface area contributed by atoms with Crippen molar-refractivity contribution in [1.82, 2.24) is 14.9 Å². The summed E-state index contributed by atoms with van der Waals surface area (Å²) in [5.74, 6) is 0.233. The molecule has 0 aliphatic carbocycles. The molecule has 142 valence electrons. The molecule has 1 aromatic heterocycles. The fraction of sp³-hybridized carbons (Fsp3) is 0.400. The highest BCUT2D eigenvalue weighted by Crippen LogP contribution is 2.21. The van der Waals surface area contributed by atoms with E-state index in [2.05, 4.69) is 20.2 Å². The number of rotatable bonds is 3. The summed E-state index contributed by atoms with van der Waals surface area (Å²) in [6, 6.07) is 9.14. The number of benzene rings is 1. The van der Waals surface area contributed by atoms with Crippen molar-refractivity contribution >= 4 is 23.5 Å². The highest BCUT2D eigenvalue weighted by molar-refractivity contribution is 6.03. The van der Waals surface area contributed by atoms with Crippen LogP contribution < -0.4 is 10.2 Å². The third kappa shape index (κ3) is 4.61. The number of aromatic nitrogens is 2. The van der Waals surface area contributed by atoms with Gasteiger partial charge in [0.05, 0.1) is 0 Å². The van der Waals surface area contributed by atoms with Crippen LogP contribution in [-0.4, -0.2) is 52.9 Å². The molecule has 0 radical (unpaired) electrons. The predicted molar refractivity (Wildman–Crippen MR) is 105 cm³/mol. The first-order chi connectivity index (χ1) is 12.8. The molecule has 0 spiro atoms. The molecule has 2 aromatic rings. The first-order valence-electron chi connectivity index (χ1n) is 9.07. The number of carbonyl (C=O) groups excluding carboxylic acids is 2. The van der Waals surface area contributed by atoms with E-state index in [1.807, 2.05) is 37.8 Å². The fourth-order valence-electron chi connectivity index (χ4n) is 3.00. The van der Waals surface area contributed by atoms with Gasteiger partial charge < -0.3 is 9.80 Å². The summed E-state index contributed by atoms with van der Waals surface area (Å²) < 4.78 is 0. The van der Waals surface area contributed by atoms with Gasteiger partial charge >= 0.3 is 0 Å². The van der Waals surface area contributed by atoms with E-state index >= 15 is 0 Å². The summed E-state index contributed by atoms with van der Waals surface area (Å²) in [6.45, 7) is 8.84. The van der Waals surface area contributed by atoms with E-state index in [1.54, 1.807) is 30.6 Å². The molecule has 27 heavy (non-hydrogen) atoms. The minimum atomic E-state index is -0.348. The Labute approximate surface area is 159 Å². The lowest BCUT2D eigenvalue weighted by molar-refractivity contribution is -0.139. The summed E-state index contributed by atoms with van der Waals surface area (Å²) >= 11 is 0. The number of hydrogen-bond donors (Lipinski definition) is 1. The molecule has 7 nitrogen and oxygen atoms in total. The Morgan fingerprint density at radius 1 is 0.963 bits per heavy atom. The van der Waals surface area contributed by atoms with Crippen LogP contribution in [0.4, 0.5) is 11.6 Å². The number of amides is 2. The molecule has 1 aliphatic rings. The third-order valence-corrected chi connectivity index (χ3v) is 4.49. The number of nitrogens with one attached hydrogen (secondary N) is 1. The van der Waals surface area contributed by atoms with E-state index in [1.165, 1.54) is 0 Å². The second-order valence-electron chi connectivity index (χ2n) is 7.60. The lowest BCUT2D eigenvalue weighted by atomic mass is 9.94. The molecule has 1 aromatic carbocycles. The molecule has 1 aliphatic heterocycles. The highest BCUT2D eigenvalue weighted by atomic mass is 16.2. The minimum absolute atomic E-state index is 0.192. The predicted octanol–water partition coefficient (Wildman–Crippen LogP) is 2.42. The zero-order valence-electron chi connectivity index (χ0n) is 16.0. The molecule has 2 heterocycles. The fourth-order valence-corrected chi connectivity index (χ4v) is 3.00. The summed E-state index contributed by atoms with van der Waals surface area (Å²) in [7, 11) is 0. The smallest absolute Gasteiger partial charge is 0.258 e. The van der Waals surface area contributed by atoms with Gasteiger partial charge in [-0.1, -0.05) is 20.8 Å². The van der Waals surface area contributed by atoms with Gasteiger partial charge in [-0.2, -0.15) is 0 Å². The van der Waals surface area contributed by atoms with Gasteiger partial charge in [0.2, 0.25) is 11.9 Å². The van der Waals surface area contributed by atoms with Gasteiger partial charge in [-0.25, -0.2) is 9.97 Å². The lowest BCUT2D eigenvalue weighted by Gasteiger charge is -2.38. The van der Waals surface area contributed by atoms with Crippen molar-refractivity contribution in [2.75, 3.05) is 36.4 Å². The number of anilines is 2. The first-order valence-corrected chi connectivity index (χ1v) is 9.07. The van der Waals surface area contributed by atoms with Gasteiger partial charge in [0.1, 0.15) is 0 Å². The van der Waals surface area contributed by atoms with Gasteiger partial charge in [-0.05, 0) is 30.3 Å². The minimum Gasteiger partial charge on any atom is -0.368 e. The Kier molecular flexibility index (Phi) is 5.39. The van der Waals surface area contributed by atoms with E-state index in [-0.39, 0.29) is 23.2 Å². The Hall–Kier alpha value is -2.96. The Morgan fingerprint density at radius 3 is 2.11 bits per heavy atom. The summed E-state index contributed by atoms with van der Waals surface area (Å²) in [5, 5.41) is 2.67. The largest absolute Gasteiger partial charge is 0.368 e. The molecule has 0 unspecified atom stereocenters. The average Bonchev–Trinajstić information content (AvgIpc) is 2.68. The number of nitrogens with zero attached hydrogens (tertiary/aromatic N) is 4. The number of hydrogen-bond acceptors (Lipinski definition) is 5. The Bertz CT molecular complexity index is 791. The molecular weight excluding hydrogens is 342 g/mol. The maximum Gasteiger partial charge on any atom is 0.258 e. The molecule has 7 heteroatoms. The van der Waals surface area contributed by atoms with Crippen molar-refractivity contribution in [3.05, 3.63) is 48.3 Å². The van der Waals surface area contributed by atoms with E-state index in [9.17, 15) is 9.59 Å². The van der Waals surface area contributed by atoms with Crippen LogP contribution in [0.15, 0.2) is 42.7 Å². The standard InChI is InChI=1S/C20H25N5O2/c1-20(2,3)18(27)25-13-11-24(12-14-25)16-7-5-15(6-8-16)17(26)23-19-21-9-4-10-22-19/h4-10H,11-14H2,1-3H3,(H,21,22,23,26). The van der Waals surface area contributed by atoms with E-state index in [0.29, 0.717) is 18.7 Å². The van der Waals surface area contributed by atoms with E-state index < -0.39 is 0 Å². The van der Waals surface area contributed by atoms with Gasteiger partial charge in [0.15, 0.2) is 0 Å². The molecule has 1 fully saturated rings. The summed E-state index contributed by atoms with van der Waals surface area (Å²) in [4.78, 5) is 36.8. The van der Waals surface area contributed by atoms with Crippen LogP contribution >= 0.6 is 0 Å². The van der Waals surface area contributed by atoms with Crippen molar-refractivity contribution < 1.29 is 9.59 Å². The van der Waals surface area contributed by atoms with E-state index in [0.717, 1.165) is 18.8 Å². The third-order valence-electron chi connectivity index (χ3n) is 4.49. The van der Waals surface area contributed by atoms with E-state index in [4.69, 9.17) is 0 Å². The monoisotopic (exact) mass is 367 g/mol. The van der Waals surface area contributed by atoms with Crippen molar-refractivity contribution in [3.63, 3.8) is 0 Å². The SMILES string of the molecule is CC(C)(C)C(=O)N1CCN(c2ccc(C(=O)Nc3ncccn3)cc2)CC1. The second-order valence-corrected chi connectivity index (χ2v) is 7.60. The van der Waals surface area contributed by atoms with Crippen LogP contribution in [0.2, 0.25) is 0 Å². The van der Waals surface area contributed by atoms with Gasteiger partial charge in [0, 0.05) is 55.2 Å². The molecule has 3 rings (SSSR count). The summed E-state index contributed by atoms with van der Waals surface area (Å²) in [5.41, 5.74) is 1.25. The Morgan fingerprint density at radius 2 is 1.56 bits per heavy atom. The molecule has 1 saturated heterocycles. The van der Waals surface area contributed by atoms with Crippen LogP contribution in [0.25, 0.3) is 0 Å². The molecular formula is C20H25N5O2.